The number of imidazole rings is 1. The molecule has 1 heterocycles. The smallest absolute Gasteiger partial charge is 0.140 e. The highest BCUT2D eigenvalue weighted by molar-refractivity contribution is 5.64. The van der Waals surface area contributed by atoms with Gasteiger partial charge in [0.05, 0.1) is 0 Å². The lowest BCUT2D eigenvalue weighted by Crippen LogP contribution is -2.03. The monoisotopic (exact) mass is 280 g/mol. The van der Waals surface area contributed by atoms with Gasteiger partial charge in [-0.2, -0.15) is 0 Å². The van der Waals surface area contributed by atoms with Crippen LogP contribution in [0.2, 0.25) is 0 Å². The van der Waals surface area contributed by atoms with Crippen LogP contribution in [0.25, 0.3) is 11.3 Å². The second kappa shape index (κ2) is 7.63. The van der Waals surface area contributed by atoms with Gasteiger partial charge in [0.1, 0.15) is 5.82 Å². The normalized spacial score (nSPS) is 13.8. The molecule has 1 atom stereocenters. The van der Waals surface area contributed by atoms with Crippen LogP contribution >= 0.6 is 0 Å². The molecule has 0 aliphatic carbocycles. The number of allylic oxidation sites excluding steroid dienone is 4. The van der Waals surface area contributed by atoms with E-state index < -0.39 is 0 Å². The summed E-state index contributed by atoms with van der Waals surface area (Å²) in [5.41, 5.74) is 2.44. The zero-order valence-electron chi connectivity index (χ0n) is 13.2. The zero-order valence-corrected chi connectivity index (χ0v) is 13.2. The SMILES string of the molecule is C/C=C\C=C(/CC(C)CC)c1nccn1-c1ccccc1. The summed E-state index contributed by atoms with van der Waals surface area (Å²) in [5.74, 6) is 1.70. The van der Waals surface area contributed by atoms with Crippen molar-refractivity contribution in [2.75, 3.05) is 0 Å². The molecule has 21 heavy (non-hydrogen) atoms. The lowest BCUT2D eigenvalue weighted by atomic mass is 9.98. The van der Waals surface area contributed by atoms with Crippen molar-refractivity contribution in [2.45, 2.75) is 33.6 Å². The van der Waals surface area contributed by atoms with Crippen LogP contribution in [0.15, 0.2) is 61.0 Å². The molecule has 1 unspecified atom stereocenters. The van der Waals surface area contributed by atoms with Crippen LogP contribution in [0.4, 0.5) is 0 Å². The largest absolute Gasteiger partial charge is 0.300 e. The number of rotatable bonds is 6. The number of hydrogen-bond donors (Lipinski definition) is 0. The van der Waals surface area contributed by atoms with Gasteiger partial charge in [-0.25, -0.2) is 4.98 Å². The van der Waals surface area contributed by atoms with E-state index in [1.807, 2.05) is 25.4 Å². The Balaban J connectivity index is 2.40. The van der Waals surface area contributed by atoms with Gasteiger partial charge in [-0.15, -0.1) is 0 Å². The molecule has 110 valence electrons. The van der Waals surface area contributed by atoms with Gasteiger partial charge in [-0.3, -0.25) is 0 Å². The van der Waals surface area contributed by atoms with E-state index in [0.717, 1.165) is 17.9 Å². The lowest BCUT2D eigenvalue weighted by Gasteiger charge is -2.14. The van der Waals surface area contributed by atoms with Crippen LogP contribution < -0.4 is 0 Å². The Morgan fingerprint density at radius 1 is 1.29 bits per heavy atom. The van der Waals surface area contributed by atoms with Crippen LogP contribution in [0.3, 0.4) is 0 Å². The van der Waals surface area contributed by atoms with E-state index in [1.54, 1.807) is 0 Å². The fourth-order valence-electron chi connectivity index (χ4n) is 2.30. The molecule has 0 bridgehead atoms. The highest BCUT2D eigenvalue weighted by Crippen LogP contribution is 2.25. The summed E-state index contributed by atoms with van der Waals surface area (Å²) in [6.45, 7) is 6.57. The molecule has 0 radical (unpaired) electrons. The third-order valence-electron chi connectivity index (χ3n) is 3.72. The summed E-state index contributed by atoms with van der Waals surface area (Å²) in [4.78, 5) is 4.59. The number of nitrogens with zero attached hydrogens (tertiary/aromatic N) is 2. The minimum atomic E-state index is 0.655. The molecule has 0 fully saturated rings. The van der Waals surface area contributed by atoms with Crippen LogP contribution in [-0.4, -0.2) is 9.55 Å². The quantitative estimate of drug-likeness (QED) is 0.659. The second-order valence-corrected chi connectivity index (χ2v) is 5.39. The second-order valence-electron chi connectivity index (χ2n) is 5.39. The molecule has 0 N–H and O–H groups in total. The highest BCUT2D eigenvalue weighted by Gasteiger charge is 2.12. The Morgan fingerprint density at radius 2 is 2.05 bits per heavy atom. The van der Waals surface area contributed by atoms with Gasteiger partial charge in [0.15, 0.2) is 0 Å². The van der Waals surface area contributed by atoms with Gasteiger partial charge in [0.25, 0.3) is 0 Å². The molecule has 0 aliphatic rings. The first-order chi connectivity index (χ1) is 10.3. The number of hydrogen-bond acceptors (Lipinski definition) is 1. The minimum absolute atomic E-state index is 0.655. The van der Waals surface area contributed by atoms with Gasteiger partial charge < -0.3 is 4.57 Å². The van der Waals surface area contributed by atoms with Crippen molar-refractivity contribution in [2.24, 2.45) is 5.92 Å². The highest BCUT2D eigenvalue weighted by atomic mass is 15.1. The van der Waals surface area contributed by atoms with Gasteiger partial charge in [-0.1, -0.05) is 56.7 Å². The van der Waals surface area contributed by atoms with E-state index in [2.05, 4.69) is 65.9 Å². The first-order valence-corrected chi connectivity index (χ1v) is 7.67. The Bertz CT molecular complexity index is 606. The van der Waals surface area contributed by atoms with Crippen LogP contribution in [0, 0.1) is 5.92 Å². The summed E-state index contributed by atoms with van der Waals surface area (Å²) in [7, 11) is 0. The summed E-state index contributed by atoms with van der Waals surface area (Å²) in [5, 5.41) is 0. The lowest BCUT2D eigenvalue weighted by molar-refractivity contribution is 0.577. The van der Waals surface area contributed by atoms with Crippen molar-refractivity contribution in [1.29, 1.82) is 0 Å². The van der Waals surface area contributed by atoms with Crippen molar-refractivity contribution in [3.8, 4) is 5.69 Å². The van der Waals surface area contributed by atoms with E-state index >= 15 is 0 Å². The third-order valence-corrected chi connectivity index (χ3v) is 3.72. The van der Waals surface area contributed by atoms with Gasteiger partial charge in [-0.05, 0) is 37.0 Å². The molecule has 2 heteroatoms. The van der Waals surface area contributed by atoms with Crippen LogP contribution in [0.1, 0.15) is 39.4 Å². The Kier molecular flexibility index (Phi) is 5.56. The molecule has 2 aromatic rings. The molecule has 1 aromatic carbocycles. The minimum Gasteiger partial charge on any atom is -0.300 e. The average molecular weight is 280 g/mol. The van der Waals surface area contributed by atoms with E-state index in [9.17, 15) is 0 Å². The van der Waals surface area contributed by atoms with E-state index in [1.165, 1.54) is 12.0 Å². The van der Waals surface area contributed by atoms with Crippen LogP contribution in [0.5, 0.6) is 0 Å². The predicted molar refractivity (Wildman–Crippen MR) is 90.4 cm³/mol. The van der Waals surface area contributed by atoms with Crippen molar-refractivity contribution in [1.82, 2.24) is 9.55 Å². The first-order valence-electron chi connectivity index (χ1n) is 7.67. The maximum Gasteiger partial charge on any atom is 0.140 e. The Hall–Kier alpha value is -2.09. The molecule has 0 saturated heterocycles. The summed E-state index contributed by atoms with van der Waals surface area (Å²) in [6.07, 6.45) is 12.5. The molecule has 1 aromatic heterocycles. The predicted octanol–water partition coefficient (Wildman–Crippen LogP) is 5.27. The summed E-state index contributed by atoms with van der Waals surface area (Å²) in [6, 6.07) is 10.4. The van der Waals surface area contributed by atoms with Crippen molar-refractivity contribution >= 4 is 5.57 Å². The number of benzene rings is 1. The molecule has 0 aliphatic heterocycles. The van der Waals surface area contributed by atoms with E-state index in [4.69, 9.17) is 0 Å². The zero-order chi connectivity index (χ0) is 15.1. The Morgan fingerprint density at radius 3 is 2.71 bits per heavy atom. The molecular weight excluding hydrogens is 256 g/mol. The fourth-order valence-corrected chi connectivity index (χ4v) is 2.30. The maximum atomic E-state index is 4.59. The average Bonchev–Trinajstić information content (AvgIpc) is 3.01. The molecule has 0 spiro atoms. The first kappa shape index (κ1) is 15.3. The molecular formula is C19H24N2. The van der Waals surface area contributed by atoms with Crippen molar-refractivity contribution < 1.29 is 0 Å². The summed E-state index contributed by atoms with van der Waals surface area (Å²) < 4.78 is 2.16. The number of para-hydroxylation sites is 1. The number of aromatic nitrogens is 2. The third kappa shape index (κ3) is 3.94. The molecule has 0 amide bonds. The van der Waals surface area contributed by atoms with Gasteiger partial charge >= 0.3 is 0 Å². The molecule has 2 nitrogen and oxygen atoms in total. The van der Waals surface area contributed by atoms with Crippen molar-refractivity contribution in [3.05, 3.63) is 66.8 Å². The Labute approximate surface area is 127 Å². The topological polar surface area (TPSA) is 17.8 Å². The standard InChI is InChI=1S/C19H24N2/c1-4-6-10-17(15-16(3)5-2)19-20-13-14-21(19)18-11-8-7-9-12-18/h4,6-14,16H,5,15H2,1-3H3/b6-4-,17-10+. The fraction of sp³-hybridized carbons (Fsp3) is 0.316. The van der Waals surface area contributed by atoms with E-state index in [-0.39, 0.29) is 0 Å². The molecule has 0 saturated carbocycles. The van der Waals surface area contributed by atoms with E-state index in [0.29, 0.717) is 5.92 Å². The summed E-state index contributed by atoms with van der Waals surface area (Å²) >= 11 is 0. The molecule has 2 rings (SSSR count). The van der Waals surface area contributed by atoms with Crippen LogP contribution in [-0.2, 0) is 0 Å². The van der Waals surface area contributed by atoms with Gasteiger partial charge in [0, 0.05) is 18.1 Å². The maximum absolute atomic E-state index is 4.59. The van der Waals surface area contributed by atoms with Crippen molar-refractivity contribution in [3.63, 3.8) is 0 Å². The van der Waals surface area contributed by atoms with Gasteiger partial charge in [0.2, 0.25) is 0 Å².